The Bertz CT molecular complexity index is 425. The Morgan fingerprint density at radius 1 is 1.69 bits per heavy atom. The summed E-state index contributed by atoms with van der Waals surface area (Å²) >= 11 is 4.63. The van der Waals surface area contributed by atoms with E-state index in [0.717, 1.165) is 6.07 Å². The molecule has 0 saturated carbocycles. The van der Waals surface area contributed by atoms with Crippen LogP contribution in [0.4, 0.5) is 5.69 Å². The Morgan fingerprint density at radius 3 is 2.77 bits per heavy atom. The predicted octanol–water partition coefficient (Wildman–Crippen LogP) is 0.751. The molecule has 1 rings (SSSR count). The highest BCUT2D eigenvalue weighted by Gasteiger charge is 2.11. The van der Waals surface area contributed by atoms with Crippen molar-refractivity contribution in [3.05, 3.63) is 32.6 Å². The summed E-state index contributed by atoms with van der Waals surface area (Å²) in [6, 6.07) is 1.04. The molecule has 6 nitrogen and oxygen atoms in total. The van der Waals surface area contributed by atoms with E-state index < -0.39 is 10.8 Å². The first-order chi connectivity index (χ1) is 6.02. The third kappa shape index (κ3) is 1.88. The molecule has 0 saturated heterocycles. The van der Waals surface area contributed by atoms with Crippen LogP contribution in [0.5, 0.6) is 0 Å². The molecule has 0 aliphatic rings. The summed E-state index contributed by atoms with van der Waals surface area (Å²) in [5, 5.41) is 10.4. The summed E-state index contributed by atoms with van der Waals surface area (Å²) in [7, 11) is 0. The number of primary amides is 1. The van der Waals surface area contributed by atoms with Crippen molar-refractivity contribution in [2.75, 3.05) is 0 Å². The molecule has 13 heavy (non-hydrogen) atoms. The number of amides is 1. The van der Waals surface area contributed by atoms with Gasteiger partial charge in [-0.2, -0.15) is 0 Å². The van der Waals surface area contributed by atoms with E-state index in [1.165, 1.54) is 6.20 Å². The molecule has 0 radical (unpaired) electrons. The number of hydrogen-bond donors (Lipinski definition) is 2. The van der Waals surface area contributed by atoms with Crippen LogP contribution in [0.2, 0.25) is 0 Å². The lowest BCUT2D eigenvalue weighted by Crippen LogP contribution is -2.11. The van der Waals surface area contributed by atoms with Gasteiger partial charge in [0.2, 0.25) is 5.91 Å². The van der Waals surface area contributed by atoms with Crippen LogP contribution in [0.25, 0.3) is 0 Å². The molecule has 0 spiro atoms. The summed E-state index contributed by atoms with van der Waals surface area (Å²) in [6.07, 6.45) is 1.23. The average Bonchev–Trinajstić information content (AvgIpc) is 2.04. The smallest absolute Gasteiger partial charge is 0.304 e. The van der Waals surface area contributed by atoms with E-state index in [2.05, 4.69) is 17.2 Å². The highest BCUT2D eigenvalue weighted by Crippen LogP contribution is 2.12. The standard InChI is InChI=1S/C6H5N3O3S/c7-5(10)3-1-4(9(11)12)6(13)8-2-3/h1-2H,(H2,7,10)(H,8,13). The van der Waals surface area contributed by atoms with Gasteiger partial charge in [-0.1, -0.05) is 12.2 Å². The quantitative estimate of drug-likeness (QED) is 0.416. The molecular formula is C6H5N3O3S. The van der Waals surface area contributed by atoms with Crippen LogP contribution < -0.4 is 5.73 Å². The van der Waals surface area contributed by atoms with Crippen LogP contribution in [-0.4, -0.2) is 15.8 Å². The number of nitrogens with two attached hydrogens (primary N) is 1. The molecule has 0 atom stereocenters. The van der Waals surface area contributed by atoms with E-state index >= 15 is 0 Å². The second kappa shape index (κ2) is 3.31. The first kappa shape index (κ1) is 9.33. The number of carbonyl (C=O) groups is 1. The van der Waals surface area contributed by atoms with Gasteiger partial charge in [-0.25, -0.2) is 0 Å². The molecule has 0 bridgehead atoms. The van der Waals surface area contributed by atoms with Gasteiger partial charge in [-0.15, -0.1) is 0 Å². The van der Waals surface area contributed by atoms with Crippen LogP contribution in [0.3, 0.4) is 0 Å². The molecule has 0 aliphatic heterocycles. The average molecular weight is 199 g/mol. The lowest BCUT2D eigenvalue weighted by molar-refractivity contribution is -0.385. The lowest BCUT2D eigenvalue weighted by Gasteiger charge is -1.95. The highest BCUT2D eigenvalue weighted by atomic mass is 32.1. The van der Waals surface area contributed by atoms with Gasteiger partial charge in [0.15, 0.2) is 4.64 Å². The van der Waals surface area contributed by atoms with Gasteiger partial charge in [0.05, 0.1) is 10.5 Å². The number of aromatic nitrogens is 1. The fraction of sp³-hybridized carbons (Fsp3) is 0. The number of nitrogens with one attached hydrogen (secondary N) is 1. The second-order valence-corrected chi connectivity index (χ2v) is 2.63. The lowest BCUT2D eigenvalue weighted by atomic mass is 10.2. The van der Waals surface area contributed by atoms with Crippen molar-refractivity contribution in [2.24, 2.45) is 5.73 Å². The van der Waals surface area contributed by atoms with E-state index in [0.29, 0.717) is 0 Å². The summed E-state index contributed by atoms with van der Waals surface area (Å²) in [5.41, 5.74) is 4.62. The first-order valence-corrected chi connectivity index (χ1v) is 3.60. The molecule has 1 aromatic heterocycles. The van der Waals surface area contributed by atoms with E-state index in [1.807, 2.05) is 0 Å². The summed E-state index contributed by atoms with van der Waals surface area (Å²) in [5.74, 6) is -0.741. The third-order valence-electron chi connectivity index (χ3n) is 1.36. The highest BCUT2D eigenvalue weighted by molar-refractivity contribution is 7.71. The van der Waals surface area contributed by atoms with Crippen LogP contribution in [0.1, 0.15) is 10.4 Å². The van der Waals surface area contributed by atoms with Crippen molar-refractivity contribution in [3.8, 4) is 0 Å². The van der Waals surface area contributed by atoms with Gasteiger partial charge < -0.3 is 10.7 Å². The number of rotatable bonds is 2. The topological polar surface area (TPSA) is 102 Å². The van der Waals surface area contributed by atoms with Crippen molar-refractivity contribution in [3.63, 3.8) is 0 Å². The molecule has 0 aliphatic carbocycles. The minimum absolute atomic E-state index is 0.0281. The summed E-state index contributed by atoms with van der Waals surface area (Å²) in [4.78, 5) is 22.7. The Hall–Kier alpha value is -1.76. The molecule has 3 N–H and O–H groups in total. The SMILES string of the molecule is NC(=O)c1c[nH]c(=S)c([N+](=O)[O-])c1. The molecule has 1 amide bonds. The van der Waals surface area contributed by atoms with Crippen molar-refractivity contribution in [2.45, 2.75) is 0 Å². The number of nitrogens with zero attached hydrogens (tertiary/aromatic N) is 1. The van der Waals surface area contributed by atoms with E-state index in [1.54, 1.807) is 0 Å². The fourth-order valence-corrected chi connectivity index (χ4v) is 0.942. The number of hydrogen-bond acceptors (Lipinski definition) is 4. The Morgan fingerprint density at radius 2 is 2.31 bits per heavy atom. The minimum Gasteiger partial charge on any atom is -0.366 e. The van der Waals surface area contributed by atoms with Crippen molar-refractivity contribution in [1.29, 1.82) is 0 Å². The van der Waals surface area contributed by atoms with Crippen LogP contribution in [0, 0.1) is 14.8 Å². The number of carbonyl (C=O) groups excluding carboxylic acids is 1. The Labute approximate surface area is 77.5 Å². The van der Waals surface area contributed by atoms with Gasteiger partial charge in [0.1, 0.15) is 0 Å². The number of aromatic amines is 1. The largest absolute Gasteiger partial charge is 0.366 e. The monoisotopic (exact) mass is 199 g/mol. The Kier molecular flexibility index (Phi) is 2.38. The van der Waals surface area contributed by atoms with Crippen molar-refractivity contribution < 1.29 is 9.72 Å². The maximum absolute atomic E-state index is 10.6. The molecular weight excluding hydrogens is 194 g/mol. The van der Waals surface area contributed by atoms with Gasteiger partial charge in [-0.3, -0.25) is 14.9 Å². The van der Waals surface area contributed by atoms with Gasteiger partial charge in [-0.05, 0) is 0 Å². The predicted molar refractivity (Wildman–Crippen MR) is 46.8 cm³/mol. The number of H-pyrrole nitrogens is 1. The zero-order valence-electron chi connectivity index (χ0n) is 6.31. The molecule has 7 heteroatoms. The van der Waals surface area contributed by atoms with Gasteiger partial charge in [0.25, 0.3) is 0 Å². The molecule has 0 unspecified atom stereocenters. The summed E-state index contributed by atoms with van der Waals surface area (Å²) < 4.78 is -0.0324. The van der Waals surface area contributed by atoms with Gasteiger partial charge >= 0.3 is 5.69 Å². The second-order valence-electron chi connectivity index (χ2n) is 2.22. The number of pyridine rings is 1. The van der Waals surface area contributed by atoms with E-state index in [9.17, 15) is 14.9 Å². The molecule has 1 heterocycles. The first-order valence-electron chi connectivity index (χ1n) is 3.19. The molecule has 68 valence electrons. The zero-order valence-corrected chi connectivity index (χ0v) is 7.13. The normalized spacial score (nSPS) is 9.54. The van der Waals surface area contributed by atoms with Gasteiger partial charge in [0, 0.05) is 12.3 Å². The molecule has 1 aromatic rings. The molecule has 0 aromatic carbocycles. The van der Waals surface area contributed by atoms with E-state index in [-0.39, 0.29) is 15.9 Å². The van der Waals surface area contributed by atoms with E-state index in [4.69, 9.17) is 5.73 Å². The molecule has 0 fully saturated rings. The van der Waals surface area contributed by atoms with Crippen molar-refractivity contribution >= 4 is 23.8 Å². The van der Waals surface area contributed by atoms with Crippen LogP contribution in [-0.2, 0) is 0 Å². The van der Waals surface area contributed by atoms with Crippen molar-refractivity contribution in [1.82, 2.24) is 4.98 Å². The summed E-state index contributed by atoms with van der Waals surface area (Å²) in [6.45, 7) is 0. The Balaban J connectivity index is 3.35. The number of nitro groups is 1. The van der Waals surface area contributed by atoms with Crippen LogP contribution >= 0.6 is 12.2 Å². The minimum atomic E-state index is -0.741. The third-order valence-corrected chi connectivity index (χ3v) is 1.69. The maximum Gasteiger partial charge on any atom is 0.304 e. The maximum atomic E-state index is 10.6. The zero-order chi connectivity index (χ0) is 10.0. The fourth-order valence-electron chi connectivity index (χ4n) is 0.750. The van der Waals surface area contributed by atoms with Crippen LogP contribution in [0.15, 0.2) is 12.3 Å².